The van der Waals surface area contributed by atoms with Crippen LogP contribution in [0.25, 0.3) is 0 Å². The van der Waals surface area contributed by atoms with Gasteiger partial charge in [-0.1, -0.05) is 12.1 Å². The number of nitrogens with zero attached hydrogens (tertiary/aromatic N) is 1. The smallest absolute Gasteiger partial charge is 0.227 e. The highest BCUT2D eigenvalue weighted by molar-refractivity contribution is 5.79. The summed E-state index contributed by atoms with van der Waals surface area (Å²) in [5, 5.41) is 0. The second kappa shape index (κ2) is 5.44. The Bertz CT molecular complexity index is 451. The van der Waals surface area contributed by atoms with Gasteiger partial charge in [0, 0.05) is 18.7 Å². The molecule has 0 saturated carbocycles. The van der Waals surface area contributed by atoms with Gasteiger partial charge in [-0.2, -0.15) is 0 Å². The van der Waals surface area contributed by atoms with Crippen molar-refractivity contribution in [1.82, 2.24) is 4.90 Å². The molecular formula is C13H16F2N2O. The van der Waals surface area contributed by atoms with Crippen LogP contribution < -0.4 is 5.73 Å². The molecular weight excluding hydrogens is 238 g/mol. The lowest BCUT2D eigenvalue weighted by atomic mass is 10.1. The number of halogens is 2. The Morgan fingerprint density at radius 2 is 2.22 bits per heavy atom. The summed E-state index contributed by atoms with van der Waals surface area (Å²) in [4.78, 5) is 13.6. The van der Waals surface area contributed by atoms with Crippen LogP contribution >= 0.6 is 0 Å². The van der Waals surface area contributed by atoms with E-state index in [-0.39, 0.29) is 17.9 Å². The summed E-state index contributed by atoms with van der Waals surface area (Å²) in [6.07, 6.45) is 0.786. The number of hydrogen-bond donors (Lipinski definition) is 1. The van der Waals surface area contributed by atoms with Gasteiger partial charge in [0.05, 0.1) is 6.42 Å². The Kier molecular flexibility index (Phi) is 3.91. The fourth-order valence-electron chi connectivity index (χ4n) is 2.21. The molecule has 5 heteroatoms. The van der Waals surface area contributed by atoms with Gasteiger partial charge < -0.3 is 10.6 Å². The van der Waals surface area contributed by atoms with E-state index < -0.39 is 11.6 Å². The summed E-state index contributed by atoms with van der Waals surface area (Å²) in [5.41, 5.74) is 5.65. The van der Waals surface area contributed by atoms with Crippen LogP contribution in [0, 0.1) is 17.6 Å². The molecule has 0 aromatic heterocycles. The number of likely N-dealkylation sites (tertiary alicyclic amines) is 1. The molecule has 2 N–H and O–H groups in total. The number of amides is 1. The van der Waals surface area contributed by atoms with Crippen molar-refractivity contribution in [1.29, 1.82) is 0 Å². The van der Waals surface area contributed by atoms with Crippen molar-refractivity contribution < 1.29 is 13.6 Å². The Morgan fingerprint density at radius 3 is 2.89 bits per heavy atom. The molecule has 3 nitrogen and oxygen atoms in total. The maximum atomic E-state index is 13.4. The summed E-state index contributed by atoms with van der Waals surface area (Å²) < 4.78 is 26.4. The molecule has 1 atom stereocenters. The minimum Gasteiger partial charge on any atom is -0.342 e. The molecule has 1 aromatic rings. The van der Waals surface area contributed by atoms with Crippen LogP contribution in [-0.2, 0) is 11.2 Å². The predicted molar refractivity (Wildman–Crippen MR) is 63.8 cm³/mol. The third-order valence-corrected chi connectivity index (χ3v) is 3.35. The third kappa shape index (κ3) is 2.67. The summed E-state index contributed by atoms with van der Waals surface area (Å²) >= 11 is 0. The zero-order valence-corrected chi connectivity index (χ0v) is 10.0. The van der Waals surface area contributed by atoms with Gasteiger partial charge in [-0.25, -0.2) is 8.78 Å². The van der Waals surface area contributed by atoms with E-state index in [9.17, 15) is 13.6 Å². The number of nitrogens with two attached hydrogens (primary N) is 1. The molecule has 0 bridgehead atoms. The second-order valence-electron chi connectivity index (χ2n) is 4.62. The number of carbonyl (C=O) groups is 1. The number of carbonyl (C=O) groups excluding carboxylic acids is 1. The number of rotatable bonds is 3. The maximum Gasteiger partial charge on any atom is 0.227 e. The minimum absolute atomic E-state index is 0.0963. The van der Waals surface area contributed by atoms with Crippen molar-refractivity contribution in [2.75, 3.05) is 19.6 Å². The molecule has 1 aliphatic rings. The topological polar surface area (TPSA) is 46.3 Å². The van der Waals surface area contributed by atoms with E-state index in [0.717, 1.165) is 12.5 Å². The highest BCUT2D eigenvalue weighted by Gasteiger charge is 2.25. The summed E-state index contributed by atoms with van der Waals surface area (Å²) in [6.45, 7) is 1.82. The van der Waals surface area contributed by atoms with Crippen molar-refractivity contribution in [3.05, 3.63) is 35.4 Å². The van der Waals surface area contributed by atoms with Gasteiger partial charge in [0.25, 0.3) is 0 Å². The second-order valence-corrected chi connectivity index (χ2v) is 4.62. The van der Waals surface area contributed by atoms with Crippen LogP contribution in [0.1, 0.15) is 12.0 Å². The normalized spacial score (nSPS) is 19.3. The molecule has 2 rings (SSSR count). The Hall–Kier alpha value is -1.49. The Balaban J connectivity index is 2.01. The Labute approximate surface area is 105 Å². The van der Waals surface area contributed by atoms with Gasteiger partial charge in [0.1, 0.15) is 0 Å². The van der Waals surface area contributed by atoms with E-state index in [2.05, 4.69) is 0 Å². The van der Waals surface area contributed by atoms with E-state index in [4.69, 9.17) is 5.73 Å². The third-order valence-electron chi connectivity index (χ3n) is 3.35. The molecule has 98 valence electrons. The summed E-state index contributed by atoms with van der Waals surface area (Å²) in [5.74, 6) is -1.69. The number of benzene rings is 1. The standard InChI is InChI=1S/C13H16F2N2O/c14-11-3-1-2-10(13(11)15)6-12(18)17-5-4-9(7-16)8-17/h1-3,9H,4-8,16H2. The van der Waals surface area contributed by atoms with Gasteiger partial charge in [-0.05, 0) is 24.9 Å². The molecule has 1 aromatic carbocycles. The zero-order valence-electron chi connectivity index (χ0n) is 10.0. The lowest BCUT2D eigenvalue weighted by molar-refractivity contribution is -0.129. The van der Waals surface area contributed by atoms with Crippen LogP contribution in [0.15, 0.2) is 18.2 Å². The quantitative estimate of drug-likeness (QED) is 0.884. The van der Waals surface area contributed by atoms with E-state index in [0.29, 0.717) is 25.6 Å². The van der Waals surface area contributed by atoms with Gasteiger partial charge >= 0.3 is 0 Å². The predicted octanol–water partition coefficient (Wildman–Crippen LogP) is 1.31. The molecule has 1 saturated heterocycles. The lowest BCUT2D eigenvalue weighted by Crippen LogP contribution is -2.31. The van der Waals surface area contributed by atoms with Crippen molar-refractivity contribution in [2.24, 2.45) is 11.7 Å². The van der Waals surface area contributed by atoms with Crippen molar-refractivity contribution in [3.63, 3.8) is 0 Å². The summed E-state index contributed by atoms with van der Waals surface area (Å²) in [6, 6.07) is 3.89. The Morgan fingerprint density at radius 1 is 1.44 bits per heavy atom. The monoisotopic (exact) mass is 254 g/mol. The fourth-order valence-corrected chi connectivity index (χ4v) is 2.21. The molecule has 0 spiro atoms. The average Bonchev–Trinajstić information content (AvgIpc) is 2.83. The van der Waals surface area contributed by atoms with Gasteiger partial charge in [0.15, 0.2) is 11.6 Å². The SMILES string of the molecule is NCC1CCN(C(=O)Cc2cccc(F)c2F)C1. The van der Waals surface area contributed by atoms with Gasteiger partial charge in [-0.15, -0.1) is 0 Å². The van der Waals surface area contributed by atoms with Crippen molar-refractivity contribution in [3.8, 4) is 0 Å². The van der Waals surface area contributed by atoms with Crippen molar-refractivity contribution >= 4 is 5.91 Å². The van der Waals surface area contributed by atoms with Gasteiger partial charge in [-0.3, -0.25) is 4.79 Å². The van der Waals surface area contributed by atoms with E-state index in [1.54, 1.807) is 4.90 Å². The highest BCUT2D eigenvalue weighted by atomic mass is 19.2. The van der Waals surface area contributed by atoms with Crippen molar-refractivity contribution in [2.45, 2.75) is 12.8 Å². The number of hydrogen-bond acceptors (Lipinski definition) is 2. The highest BCUT2D eigenvalue weighted by Crippen LogP contribution is 2.18. The molecule has 1 aliphatic heterocycles. The minimum atomic E-state index is -0.930. The van der Waals surface area contributed by atoms with E-state index in [1.165, 1.54) is 12.1 Å². The zero-order chi connectivity index (χ0) is 13.1. The van der Waals surface area contributed by atoms with Gasteiger partial charge in [0.2, 0.25) is 5.91 Å². The van der Waals surface area contributed by atoms with E-state index in [1.807, 2.05) is 0 Å². The molecule has 0 radical (unpaired) electrons. The first kappa shape index (κ1) is 13.0. The first-order chi connectivity index (χ1) is 8.61. The van der Waals surface area contributed by atoms with Crippen LogP contribution in [-0.4, -0.2) is 30.4 Å². The fraction of sp³-hybridized carbons (Fsp3) is 0.462. The summed E-state index contributed by atoms with van der Waals surface area (Å²) in [7, 11) is 0. The van der Waals surface area contributed by atoms with Crippen LogP contribution in [0.3, 0.4) is 0 Å². The average molecular weight is 254 g/mol. The molecule has 1 amide bonds. The molecule has 18 heavy (non-hydrogen) atoms. The molecule has 0 aliphatic carbocycles. The van der Waals surface area contributed by atoms with Crippen LogP contribution in [0.4, 0.5) is 8.78 Å². The first-order valence-corrected chi connectivity index (χ1v) is 6.02. The van der Waals surface area contributed by atoms with Crippen LogP contribution in [0.5, 0.6) is 0 Å². The molecule has 1 heterocycles. The largest absolute Gasteiger partial charge is 0.342 e. The maximum absolute atomic E-state index is 13.4. The molecule has 1 unspecified atom stereocenters. The first-order valence-electron chi connectivity index (χ1n) is 6.02. The lowest BCUT2D eigenvalue weighted by Gasteiger charge is -2.16. The molecule has 1 fully saturated rings. The van der Waals surface area contributed by atoms with E-state index >= 15 is 0 Å². The van der Waals surface area contributed by atoms with Crippen LogP contribution in [0.2, 0.25) is 0 Å².